The number of nitrogens with zero attached hydrogens (tertiary/aromatic N) is 1. The van der Waals surface area contributed by atoms with Crippen molar-refractivity contribution in [2.45, 2.75) is 57.0 Å². The number of rotatable bonds is 3. The van der Waals surface area contributed by atoms with Crippen LogP contribution in [-0.2, 0) is 12.8 Å². The molecule has 0 amide bonds. The Bertz CT molecular complexity index is 1050. The first-order chi connectivity index (χ1) is 14.9. The molecule has 5 rings (SSSR count). The highest BCUT2D eigenvalue weighted by Gasteiger charge is 2.63. The van der Waals surface area contributed by atoms with Gasteiger partial charge >= 0.3 is 0 Å². The van der Waals surface area contributed by atoms with Gasteiger partial charge in [-0.05, 0) is 96.7 Å². The summed E-state index contributed by atoms with van der Waals surface area (Å²) < 4.78 is 0. The van der Waals surface area contributed by atoms with Gasteiger partial charge in [-0.3, -0.25) is 0 Å². The van der Waals surface area contributed by atoms with E-state index in [-0.39, 0.29) is 11.2 Å². The molecule has 2 fully saturated rings. The fourth-order valence-electron chi connectivity index (χ4n) is 7.41. The van der Waals surface area contributed by atoms with E-state index in [0.717, 1.165) is 43.2 Å². The first-order valence-corrected chi connectivity index (χ1v) is 11.5. The molecule has 0 aliphatic heterocycles. The van der Waals surface area contributed by atoms with Crippen LogP contribution in [0.4, 0.5) is 0 Å². The van der Waals surface area contributed by atoms with E-state index in [1.165, 1.54) is 11.1 Å². The second-order valence-corrected chi connectivity index (χ2v) is 10.3. The summed E-state index contributed by atoms with van der Waals surface area (Å²) in [6, 6.07) is 15.8. The van der Waals surface area contributed by atoms with Crippen LogP contribution < -0.4 is 0 Å². The maximum atomic E-state index is 12.0. The summed E-state index contributed by atoms with van der Waals surface area (Å²) in [7, 11) is 0. The number of hydrogen-bond acceptors (Lipinski definition) is 3. The number of phenols is 1. The zero-order valence-corrected chi connectivity index (χ0v) is 18.2. The molecule has 3 aliphatic carbocycles. The van der Waals surface area contributed by atoms with E-state index in [4.69, 9.17) is 0 Å². The first-order valence-electron chi connectivity index (χ1n) is 11.5. The number of aromatic hydroxyl groups is 1. The molecule has 160 valence electrons. The molecule has 3 unspecified atom stereocenters. The summed E-state index contributed by atoms with van der Waals surface area (Å²) in [6.45, 7) is 6.52. The van der Waals surface area contributed by atoms with Crippen LogP contribution in [0, 0.1) is 34.5 Å². The van der Waals surface area contributed by atoms with Crippen LogP contribution in [0.25, 0.3) is 0 Å². The van der Waals surface area contributed by atoms with Gasteiger partial charge in [0.1, 0.15) is 5.75 Å². The van der Waals surface area contributed by atoms with E-state index in [1.807, 2.05) is 18.2 Å². The number of nitriles is 1. The number of aryl methyl sites for hydroxylation is 1. The topological polar surface area (TPSA) is 64.2 Å². The highest BCUT2D eigenvalue weighted by atomic mass is 16.3. The lowest BCUT2D eigenvalue weighted by Gasteiger charge is -2.56. The van der Waals surface area contributed by atoms with Gasteiger partial charge in [0.05, 0.1) is 17.2 Å². The van der Waals surface area contributed by atoms with Crippen molar-refractivity contribution in [1.29, 1.82) is 5.26 Å². The zero-order valence-electron chi connectivity index (χ0n) is 18.2. The zero-order chi connectivity index (χ0) is 21.8. The predicted molar refractivity (Wildman–Crippen MR) is 122 cm³/mol. The molecule has 0 radical (unpaired) electrons. The SMILES string of the molecule is C=C[C@H]1C[C@@]2(C)C(CC[C@@]2(O)Cc2ccc(O)cc2)C2CCc3cc(C#N)ccc3C21. The van der Waals surface area contributed by atoms with E-state index in [0.29, 0.717) is 30.1 Å². The Morgan fingerprint density at radius 2 is 1.97 bits per heavy atom. The van der Waals surface area contributed by atoms with Gasteiger partial charge in [-0.15, -0.1) is 6.58 Å². The fourth-order valence-corrected chi connectivity index (χ4v) is 7.41. The van der Waals surface area contributed by atoms with Crippen molar-refractivity contribution in [1.82, 2.24) is 0 Å². The van der Waals surface area contributed by atoms with Crippen LogP contribution in [0.5, 0.6) is 5.75 Å². The quantitative estimate of drug-likeness (QED) is 0.653. The Morgan fingerprint density at radius 3 is 2.68 bits per heavy atom. The van der Waals surface area contributed by atoms with Crippen molar-refractivity contribution in [3.05, 3.63) is 77.4 Å². The monoisotopic (exact) mass is 413 g/mol. The van der Waals surface area contributed by atoms with Crippen LogP contribution >= 0.6 is 0 Å². The minimum atomic E-state index is -0.744. The minimum absolute atomic E-state index is 0.158. The predicted octanol–water partition coefficient (Wildman–Crippen LogP) is 5.51. The molecule has 2 aromatic rings. The molecule has 0 bridgehead atoms. The van der Waals surface area contributed by atoms with Crippen molar-refractivity contribution in [3.63, 3.8) is 0 Å². The minimum Gasteiger partial charge on any atom is -0.508 e. The highest BCUT2D eigenvalue weighted by Crippen LogP contribution is 2.66. The Balaban J connectivity index is 1.50. The second-order valence-electron chi connectivity index (χ2n) is 10.3. The van der Waals surface area contributed by atoms with E-state index >= 15 is 0 Å². The van der Waals surface area contributed by atoms with Gasteiger partial charge in [-0.2, -0.15) is 5.26 Å². The third kappa shape index (κ3) is 3.04. The lowest BCUT2D eigenvalue weighted by molar-refractivity contribution is -0.111. The summed E-state index contributed by atoms with van der Waals surface area (Å²) in [5.74, 6) is 2.04. The molecule has 31 heavy (non-hydrogen) atoms. The van der Waals surface area contributed by atoms with E-state index in [2.05, 4.69) is 37.8 Å². The second kappa shape index (κ2) is 7.24. The Kier molecular flexibility index (Phi) is 4.75. The van der Waals surface area contributed by atoms with Gasteiger partial charge in [-0.1, -0.05) is 31.2 Å². The number of allylic oxidation sites excluding steroid dienone is 1. The number of fused-ring (bicyclic) bond motifs is 5. The molecule has 0 spiro atoms. The van der Waals surface area contributed by atoms with Crippen LogP contribution in [0.15, 0.2) is 55.1 Å². The first kappa shape index (κ1) is 20.3. The van der Waals surface area contributed by atoms with Gasteiger partial charge in [0.15, 0.2) is 0 Å². The average molecular weight is 414 g/mol. The van der Waals surface area contributed by atoms with Crippen molar-refractivity contribution in [3.8, 4) is 11.8 Å². The summed E-state index contributed by atoms with van der Waals surface area (Å²) in [6.07, 6.45) is 7.70. The van der Waals surface area contributed by atoms with Gasteiger partial charge in [-0.25, -0.2) is 0 Å². The number of hydrogen-bond donors (Lipinski definition) is 2. The Hall–Kier alpha value is -2.57. The van der Waals surface area contributed by atoms with Crippen LogP contribution in [0.1, 0.15) is 60.8 Å². The average Bonchev–Trinajstić information content (AvgIpc) is 3.04. The van der Waals surface area contributed by atoms with E-state index in [1.54, 1.807) is 12.1 Å². The highest BCUT2D eigenvalue weighted by molar-refractivity contribution is 5.43. The molecule has 3 aliphatic rings. The van der Waals surface area contributed by atoms with Crippen LogP contribution in [-0.4, -0.2) is 15.8 Å². The maximum Gasteiger partial charge on any atom is 0.115 e. The van der Waals surface area contributed by atoms with Crippen molar-refractivity contribution < 1.29 is 10.2 Å². The number of benzene rings is 2. The van der Waals surface area contributed by atoms with Gasteiger partial charge in [0.25, 0.3) is 0 Å². The van der Waals surface area contributed by atoms with Crippen molar-refractivity contribution in [2.24, 2.45) is 23.2 Å². The summed E-state index contributed by atoms with van der Waals surface area (Å²) >= 11 is 0. The lowest BCUT2D eigenvalue weighted by Crippen LogP contribution is -2.54. The number of aliphatic hydroxyl groups is 1. The van der Waals surface area contributed by atoms with Gasteiger partial charge < -0.3 is 10.2 Å². The third-order valence-corrected chi connectivity index (χ3v) is 8.96. The summed E-state index contributed by atoms with van der Waals surface area (Å²) in [5, 5.41) is 31.0. The summed E-state index contributed by atoms with van der Waals surface area (Å²) in [5.41, 5.74) is 3.65. The standard InChI is InChI=1S/C28H31NO2/c1-3-20-16-27(2)25(12-13-28(27,31)15-18-4-8-22(30)9-5-18)24-11-7-21-14-19(17-29)6-10-23(21)26(20)24/h3-6,8-10,14,20,24-26,30-31H,1,7,11-13,15-16H2,2H3/t20-,24?,25?,26?,27-,28+/m0/s1. The smallest absolute Gasteiger partial charge is 0.115 e. The van der Waals surface area contributed by atoms with Crippen molar-refractivity contribution in [2.75, 3.05) is 0 Å². The molecular weight excluding hydrogens is 382 g/mol. The molecular formula is C28H31NO2. The maximum absolute atomic E-state index is 12.0. The van der Waals surface area contributed by atoms with Crippen LogP contribution in [0.2, 0.25) is 0 Å². The molecule has 2 N–H and O–H groups in total. The van der Waals surface area contributed by atoms with Crippen molar-refractivity contribution >= 4 is 0 Å². The Morgan fingerprint density at radius 1 is 1.19 bits per heavy atom. The largest absolute Gasteiger partial charge is 0.508 e. The molecule has 2 aromatic carbocycles. The third-order valence-electron chi connectivity index (χ3n) is 8.96. The molecule has 0 aromatic heterocycles. The van der Waals surface area contributed by atoms with Crippen LogP contribution in [0.3, 0.4) is 0 Å². The number of phenolic OH excluding ortho intramolecular Hbond substituents is 1. The molecule has 3 nitrogen and oxygen atoms in total. The summed E-state index contributed by atoms with van der Waals surface area (Å²) in [4.78, 5) is 0. The fraction of sp³-hybridized carbons (Fsp3) is 0.464. The van der Waals surface area contributed by atoms with E-state index < -0.39 is 5.60 Å². The van der Waals surface area contributed by atoms with E-state index in [9.17, 15) is 15.5 Å². The van der Waals surface area contributed by atoms with Gasteiger partial charge in [0, 0.05) is 11.8 Å². The lowest BCUT2D eigenvalue weighted by atomic mass is 9.49. The molecule has 3 heteroatoms. The Labute approximate surface area is 185 Å². The molecule has 2 saturated carbocycles. The molecule has 0 heterocycles. The molecule has 0 saturated heterocycles. The molecule has 6 atom stereocenters. The normalized spacial score (nSPS) is 36.0. The van der Waals surface area contributed by atoms with Gasteiger partial charge in [0.2, 0.25) is 0 Å².